The molecule has 0 aromatic carbocycles. The average Bonchev–Trinajstić information content (AvgIpc) is 2.61. The first-order chi connectivity index (χ1) is 11.6. The van der Waals surface area contributed by atoms with Crippen molar-refractivity contribution in [2.75, 3.05) is 31.2 Å². The van der Waals surface area contributed by atoms with E-state index in [1.165, 1.54) is 6.07 Å². The van der Waals surface area contributed by atoms with E-state index in [2.05, 4.69) is 20.2 Å². The number of anilines is 1. The highest BCUT2D eigenvalue weighted by Gasteiger charge is 2.13. The van der Waals surface area contributed by atoms with Crippen molar-refractivity contribution in [1.82, 2.24) is 15.3 Å². The number of nitrogens with one attached hydrogen (secondary N) is 2. The number of hydrogen-bond donors (Lipinski definition) is 2. The summed E-state index contributed by atoms with van der Waals surface area (Å²) in [6.07, 6.45) is 1.74. The summed E-state index contributed by atoms with van der Waals surface area (Å²) >= 11 is 0. The van der Waals surface area contributed by atoms with Crippen LogP contribution < -0.4 is 15.8 Å². The van der Waals surface area contributed by atoms with Crippen LogP contribution in [0, 0.1) is 6.92 Å². The topological polar surface area (TPSA) is 87.3 Å². The molecule has 0 saturated carbocycles. The number of aromatic amines is 1. The lowest BCUT2D eigenvalue weighted by Gasteiger charge is -2.27. The molecule has 24 heavy (non-hydrogen) atoms. The van der Waals surface area contributed by atoms with Gasteiger partial charge in [-0.25, -0.2) is 4.98 Å². The lowest BCUT2D eigenvalue weighted by Crippen LogP contribution is -2.36. The normalized spacial score (nSPS) is 14.5. The number of rotatable bonds is 4. The van der Waals surface area contributed by atoms with Crippen molar-refractivity contribution in [3.8, 4) is 0 Å². The van der Waals surface area contributed by atoms with E-state index in [0.717, 1.165) is 30.2 Å². The van der Waals surface area contributed by atoms with Crippen molar-refractivity contribution < 1.29 is 9.53 Å². The van der Waals surface area contributed by atoms with Crippen LogP contribution in [0.3, 0.4) is 0 Å². The maximum absolute atomic E-state index is 12.1. The van der Waals surface area contributed by atoms with E-state index in [1.54, 1.807) is 19.2 Å². The summed E-state index contributed by atoms with van der Waals surface area (Å²) in [4.78, 5) is 33.1. The molecule has 1 aliphatic rings. The van der Waals surface area contributed by atoms with Crippen LogP contribution in [0.4, 0.5) is 5.82 Å². The van der Waals surface area contributed by atoms with Crippen LogP contribution >= 0.6 is 0 Å². The molecule has 7 heteroatoms. The average molecular weight is 328 g/mol. The number of hydrogen-bond acceptors (Lipinski definition) is 5. The van der Waals surface area contributed by atoms with E-state index in [4.69, 9.17) is 4.74 Å². The summed E-state index contributed by atoms with van der Waals surface area (Å²) in [6, 6.07) is 7.10. The zero-order valence-corrected chi connectivity index (χ0v) is 13.5. The van der Waals surface area contributed by atoms with Gasteiger partial charge in [-0.15, -0.1) is 0 Å². The van der Waals surface area contributed by atoms with Gasteiger partial charge in [-0.2, -0.15) is 0 Å². The summed E-state index contributed by atoms with van der Waals surface area (Å²) in [5.74, 6) is 0.511. The van der Waals surface area contributed by atoms with Crippen LogP contribution in [0.15, 0.2) is 35.3 Å². The van der Waals surface area contributed by atoms with Gasteiger partial charge in [0.1, 0.15) is 11.4 Å². The Morgan fingerprint density at radius 2 is 2.08 bits per heavy atom. The summed E-state index contributed by atoms with van der Waals surface area (Å²) in [6.45, 7) is 5.18. The second kappa shape index (κ2) is 7.27. The lowest BCUT2D eigenvalue weighted by atomic mass is 10.2. The van der Waals surface area contributed by atoms with Crippen molar-refractivity contribution in [1.29, 1.82) is 0 Å². The molecular formula is C17H20N4O3. The molecular weight excluding hydrogens is 308 g/mol. The van der Waals surface area contributed by atoms with Gasteiger partial charge in [0.25, 0.3) is 11.5 Å². The molecule has 1 aliphatic heterocycles. The van der Waals surface area contributed by atoms with Gasteiger partial charge in [-0.1, -0.05) is 6.07 Å². The zero-order chi connectivity index (χ0) is 16.9. The van der Waals surface area contributed by atoms with Gasteiger partial charge < -0.3 is 19.9 Å². The van der Waals surface area contributed by atoms with E-state index in [0.29, 0.717) is 19.8 Å². The molecule has 3 rings (SSSR count). The van der Waals surface area contributed by atoms with Crippen LogP contribution in [0.5, 0.6) is 0 Å². The van der Waals surface area contributed by atoms with Gasteiger partial charge in [-0.05, 0) is 30.7 Å². The molecule has 0 atom stereocenters. The minimum atomic E-state index is -0.395. The first kappa shape index (κ1) is 16.2. The zero-order valence-electron chi connectivity index (χ0n) is 13.5. The molecule has 0 radical (unpaired) electrons. The van der Waals surface area contributed by atoms with E-state index in [-0.39, 0.29) is 11.1 Å². The number of pyridine rings is 2. The molecule has 0 unspecified atom stereocenters. The van der Waals surface area contributed by atoms with E-state index in [1.807, 2.05) is 12.1 Å². The van der Waals surface area contributed by atoms with E-state index in [9.17, 15) is 9.59 Å². The van der Waals surface area contributed by atoms with Crippen molar-refractivity contribution in [3.05, 3.63) is 57.6 Å². The fraction of sp³-hybridized carbons (Fsp3) is 0.353. The maximum atomic E-state index is 12.1. The maximum Gasteiger partial charge on any atom is 0.260 e. The second-order valence-corrected chi connectivity index (χ2v) is 5.69. The highest BCUT2D eigenvalue weighted by molar-refractivity contribution is 5.93. The van der Waals surface area contributed by atoms with Gasteiger partial charge in [0.05, 0.1) is 13.2 Å². The van der Waals surface area contributed by atoms with Crippen LogP contribution in [0.1, 0.15) is 21.6 Å². The Labute approximate surface area is 139 Å². The summed E-state index contributed by atoms with van der Waals surface area (Å²) in [7, 11) is 0. The molecule has 1 amide bonds. The van der Waals surface area contributed by atoms with Crippen molar-refractivity contribution in [3.63, 3.8) is 0 Å². The van der Waals surface area contributed by atoms with E-state index >= 15 is 0 Å². The SMILES string of the molecule is Cc1ccc(C(=O)NCc2ccc(N3CCOCC3)nc2)c(=O)[nH]1. The standard InChI is InChI=1S/C17H20N4O3/c1-12-2-4-14(17(23)20-12)16(22)19-11-13-3-5-15(18-10-13)21-6-8-24-9-7-21/h2-5,10H,6-9,11H2,1H3,(H,19,22)(H,20,23). The van der Waals surface area contributed by atoms with Crippen LogP contribution in [-0.4, -0.2) is 42.2 Å². The third-order valence-corrected chi connectivity index (χ3v) is 3.90. The molecule has 2 aromatic rings. The molecule has 2 aromatic heterocycles. The minimum absolute atomic E-state index is 0.110. The largest absolute Gasteiger partial charge is 0.378 e. The van der Waals surface area contributed by atoms with Crippen LogP contribution in [0.2, 0.25) is 0 Å². The predicted octanol–water partition coefficient (Wildman–Crippen LogP) is 0.845. The quantitative estimate of drug-likeness (QED) is 0.869. The number of aromatic nitrogens is 2. The number of morpholine rings is 1. The number of ether oxygens (including phenoxy) is 1. The van der Waals surface area contributed by atoms with Crippen molar-refractivity contribution in [2.45, 2.75) is 13.5 Å². The molecule has 3 heterocycles. The number of carbonyl (C=O) groups is 1. The number of amides is 1. The molecule has 7 nitrogen and oxygen atoms in total. The van der Waals surface area contributed by atoms with Crippen molar-refractivity contribution >= 4 is 11.7 Å². The smallest absolute Gasteiger partial charge is 0.260 e. The summed E-state index contributed by atoms with van der Waals surface area (Å²) in [5.41, 5.74) is 1.33. The molecule has 1 fully saturated rings. The van der Waals surface area contributed by atoms with Gasteiger partial charge in [0, 0.05) is 31.5 Å². The Morgan fingerprint density at radius 1 is 1.29 bits per heavy atom. The first-order valence-corrected chi connectivity index (χ1v) is 7.89. The van der Waals surface area contributed by atoms with Gasteiger partial charge in [0.2, 0.25) is 0 Å². The minimum Gasteiger partial charge on any atom is -0.378 e. The van der Waals surface area contributed by atoms with Crippen LogP contribution in [0.25, 0.3) is 0 Å². The highest BCUT2D eigenvalue weighted by atomic mass is 16.5. The van der Waals surface area contributed by atoms with Gasteiger partial charge >= 0.3 is 0 Å². The number of H-pyrrole nitrogens is 1. The molecule has 1 saturated heterocycles. The van der Waals surface area contributed by atoms with Crippen molar-refractivity contribution in [2.24, 2.45) is 0 Å². The summed E-state index contributed by atoms with van der Waals surface area (Å²) in [5, 5.41) is 2.74. The third-order valence-electron chi connectivity index (χ3n) is 3.90. The Morgan fingerprint density at radius 3 is 2.75 bits per heavy atom. The Hall–Kier alpha value is -2.67. The third kappa shape index (κ3) is 3.80. The molecule has 2 N–H and O–H groups in total. The molecule has 126 valence electrons. The second-order valence-electron chi connectivity index (χ2n) is 5.69. The molecule has 0 spiro atoms. The van der Waals surface area contributed by atoms with Gasteiger partial charge in [-0.3, -0.25) is 9.59 Å². The Balaban J connectivity index is 1.60. The van der Waals surface area contributed by atoms with Gasteiger partial charge in [0.15, 0.2) is 0 Å². The monoisotopic (exact) mass is 328 g/mol. The number of aryl methyl sites for hydroxylation is 1. The Kier molecular flexibility index (Phi) is 4.90. The summed E-state index contributed by atoms with van der Waals surface area (Å²) < 4.78 is 5.32. The molecule has 0 aliphatic carbocycles. The number of nitrogens with zero attached hydrogens (tertiary/aromatic N) is 2. The fourth-order valence-corrected chi connectivity index (χ4v) is 2.53. The fourth-order valence-electron chi connectivity index (χ4n) is 2.53. The highest BCUT2D eigenvalue weighted by Crippen LogP contribution is 2.13. The van der Waals surface area contributed by atoms with Crippen LogP contribution in [-0.2, 0) is 11.3 Å². The molecule has 0 bridgehead atoms. The predicted molar refractivity (Wildman–Crippen MR) is 90.2 cm³/mol. The number of carbonyl (C=O) groups excluding carboxylic acids is 1. The Bertz CT molecular complexity index is 764. The van der Waals surface area contributed by atoms with E-state index < -0.39 is 5.91 Å². The first-order valence-electron chi connectivity index (χ1n) is 7.89. The lowest BCUT2D eigenvalue weighted by molar-refractivity contribution is 0.0949.